The molecule has 4 nitrogen and oxygen atoms in total. The highest BCUT2D eigenvalue weighted by Crippen LogP contribution is 2.31. The van der Waals surface area contributed by atoms with Gasteiger partial charge in [-0.3, -0.25) is 0 Å². The number of ether oxygens (including phenoxy) is 1. The van der Waals surface area contributed by atoms with Gasteiger partial charge < -0.3 is 21.9 Å². The van der Waals surface area contributed by atoms with Crippen molar-refractivity contribution >= 4 is 17.1 Å². The molecule has 0 fully saturated rings. The Labute approximate surface area is 71.3 Å². The molecule has 12 heavy (non-hydrogen) atoms. The van der Waals surface area contributed by atoms with Gasteiger partial charge in [0.25, 0.3) is 0 Å². The summed E-state index contributed by atoms with van der Waals surface area (Å²) in [4.78, 5) is 0. The number of anilines is 3. The van der Waals surface area contributed by atoms with Gasteiger partial charge in [0.05, 0.1) is 18.0 Å². The summed E-state index contributed by atoms with van der Waals surface area (Å²) in [6.07, 6.45) is 0. The van der Waals surface area contributed by atoms with E-state index in [1.165, 1.54) is 0 Å². The van der Waals surface area contributed by atoms with Gasteiger partial charge in [0.1, 0.15) is 0 Å². The maximum Gasteiger partial charge on any atom is 0.165 e. The Kier molecular flexibility index (Phi) is 2.28. The maximum atomic E-state index is 5.62. The standard InChI is InChI=1S/C8H13N3O/c1-2-12-8-6(10)3-5(9)4-7(8)11/h3-4H,2,9-11H2,1H3. The molecule has 6 N–H and O–H groups in total. The van der Waals surface area contributed by atoms with Crippen molar-refractivity contribution in [3.63, 3.8) is 0 Å². The molecule has 0 radical (unpaired) electrons. The van der Waals surface area contributed by atoms with Crippen molar-refractivity contribution in [2.24, 2.45) is 0 Å². The molecule has 0 saturated carbocycles. The van der Waals surface area contributed by atoms with E-state index in [2.05, 4.69) is 0 Å². The quantitative estimate of drug-likeness (QED) is 0.569. The topological polar surface area (TPSA) is 87.3 Å². The average Bonchev–Trinajstić information content (AvgIpc) is 1.96. The molecule has 4 heteroatoms. The third-order valence-corrected chi connectivity index (χ3v) is 1.46. The summed E-state index contributed by atoms with van der Waals surface area (Å²) >= 11 is 0. The van der Waals surface area contributed by atoms with Crippen molar-refractivity contribution in [2.75, 3.05) is 23.8 Å². The zero-order chi connectivity index (χ0) is 9.14. The van der Waals surface area contributed by atoms with Crippen LogP contribution in [0.2, 0.25) is 0 Å². The van der Waals surface area contributed by atoms with Gasteiger partial charge >= 0.3 is 0 Å². The highest BCUT2D eigenvalue weighted by Gasteiger charge is 2.05. The molecular formula is C8H13N3O. The Morgan fingerprint density at radius 2 is 1.67 bits per heavy atom. The van der Waals surface area contributed by atoms with E-state index in [9.17, 15) is 0 Å². The van der Waals surface area contributed by atoms with Gasteiger partial charge in [-0.15, -0.1) is 0 Å². The lowest BCUT2D eigenvalue weighted by molar-refractivity contribution is 0.344. The first-order valence-corrected chi connectivity index (χ1v) is 3.72. The Morgan fingerprint density at radius 3 is 2.08 bits per heavy atom. The van der Waals surface area contributed by atoms with E-state index < -0.39 is 0 Å². The minimum atomic E-state index is 0.481. The zero-order valence-electron chi connectivity index (χ0n) is 7.00. The molecule has 0 atom stereocenters. The van der Waals surface area contributed by atoms with Crippen LogP contribution in [0.15, 0.2) is 12.1 Å². The highest BCUT2D eigenvalue weighted by molar-refractivity contribution is 5.73. The second kappa shape index (κ2) is 3.21. The predicted octanol–water partition coefficient (Wildman–Crippen LogP) is 0.832. The predicted molar refractivity (Wildman–Crippen MR) is 50.8 cm³/mol. The largest absolute Gasteiger partial charge is 0.490 e. The number of hydrogen-bond donors (Lipinski definition) is 3. The molecule has 1 aromatic carbocycles. The van der Waals surface area contributed by atoms with Crippen LogP contribution in [0.5, 0.6) is 5.75 Å². The molecule has 0 aliphatic heterocycles. The van der Waals surface area contributed by atoms with Crippen molar-refractivity contribution in [2.45, 2.75) is 6.92 Å². The van der Waals surface area contributed by atoms with Crippen molar-refractivity contribution in [3.05, 3.63) is 12.1 Å². The van der Waals surface area contributed by atoms with Gasteiger partial charge in [0.2, 0.25) is 0 Å². The third-order valence-electron chi connectivity index (χ3n) is 1.46. The van der Waals surface area contributed by atoms with E-state index in [-0.39, 0.29) is 0 Å². The lowest BCUT2D eigenvalue weighted by Crippen LogP contribution is -2.02. The number of nitrogen functional groups attached to an aromatic ring is 3. The van der Waals surface area contributed by atoms with Crippen LogP contribution in [0.1, 0.15) is 6.92 Å². The molecule has 0 aliphatic rings. The molecule has 0 amide bonds. The zero-order valence-corrected chi connectivity index (χ0v) is 7.00. The number of benzene rings is 1. The van der Waals surface area contributed by atoms with Crippen molar-refractivity contribution in [3.8, 4) is 5.75 Å². The summed E-state index contributed by atoms with van der Waals surface area (Å²) in [6.45, 7) is 2.41. The molecule has 1 rings (SSSR count). The first-order chi connectivity index (χ1) is 5.65. The third kappa shape index (κ3) is 1.53. The van der Waals surface area contributed by atoms with Crippen LogP contribution in [0.4, 0.5) is 17.1 Å². The SMILES string of the molecule is CCOc1c(N)cc(N)cc1N. The Balaban J connectivity index is 3.10. The molecule has 0 bridgehead atoms. The van der Waals surface area contributed by atoms with Gasteiger partial charge in [0, 0.05) is 5.69 Å². The van der Waals surface area contributed by atoms with Crippen molar-refractivity contribution in [1.29, 1.82) is 0 Å². The van der Waals surface area contributed by atoms with Gasteiger partial charge in [0.15, 0.2) is 5.75 Å². The van der Waals surface area contributed by atoms with Crippen LogP contribution in [-0.2, 0) is 0 Å². The van der Waals surface area contributed by atoms with Gasteiger partial charge in [-0.05, 0) is 19.1 Å². The van der Waals surface area contributed by atoms with E-state index >= 15 is 0 Å². The van der Waals surface area contributed by atoms with E-state index in [4.69, 9.17) is 21.9 Å². The van der Waals surface area contributed by atoms with Crippen LogP contribution in [0.25, 0.3) is 0 Å². The normalized spacial score (nSPS) is 9.75. The Bertz CT molecular complexity index is 263. The lowest BCUT2D eigenvalue weighted by Gasteiger charge is -2.10. The van der Waals surface area contributed by atoms with Gasteiger partial charge in [-0.2, -0.15) is 0 Å². The van der Waals surface area contributed by atoms with E-state index in [0.29, 0.717) is 29.4 Å². The van der Waals surface area contributed by atoms with Crippen LogP contribution >= 0.6 is 0 Å². The molecule has 0 heterocycles. The molecule has 0 saturated heterocycles. The summed E-state index contributed by atoms with van der Waals surface area (Å²) in [7, 11) is 0. The first kappa shape index (κ1) is 8.52. The molecule has 1 aromatic rings. The van der Waals surface area contributed by atoms with E-state index in [0.717, 1.165) is 0 Å². The smallest absolute Gasteiger partial charge is 0.165 e. The molecule has 0 aromatic heterocycles. The monoisotopic (exact) mass is 167 g/mol. The van der Waals surface area contributed by atoms with Crippen LogP contribution in [-0.4, -0.2) is 6.61 Å². The van der Waals surface area contributed by atoms with Gasteiger partial charge in [-0.1, -0.05) is 0 Å². The number of hydrogen-bond acceptors (Lipinski definition) is 4. The first-order valence-electron chi connectivity index (χ1n) is 3.72. The van der Waals surface area contributed by atoms with Crippen molar-refractivity contribution < 1.29 is 4.74 Å². The second-order valence-electron chi connectivity index (χ2n) is 2.46. The van der Waals surface area contributed by atoms with Crippen LogP contribution < -0.4 is 21.9 Å². The summed E-state index contributed by atoms with van der Waals surface area (Å²) in [5, 5.41) is 0. The van der Waals surface area contributed by atoms with E-state index in [1.807, 2.05) is 6.92 Å². The molecule has 66 valence electrons. The second-order valence-corrected chi connectivity index (χ2v) is 2.46. The van der Waals surface area contributed by atoms with E-state index in [1.54, 1.807) is 12.1 Å². The summed E-state index contributed by atoms with van der Waals surface area (Å²) in [5.41, 5.74) is 18.3. The number of rotatable bonds is 2. The van der Waals surface area contributed by atoms with Gasteiger partial charge in [-0.25, -0.2) is 0 Å². The number of nitrogens with two attached hydrogens (primary N) is 3. The fourth-order valence-corrected chi connectivity index (χ4v) is 1.01. The Morgan fingerprint density at radius 1 is 1.17 bits per heavy atom. The Hall–Kier alpha value is -1.58. The molecular weight excluding hydrogens is 154 g/mol. The minimum absolute atomic E-state index is 0.481. The lowest BCUT2D eigenvalue weighted by atomic mass is 10.2. The average molecular weight is 167 g/mol. The molecule has 0 spiro atoms. The van der Waals surface area contributed by atoms with Crippen LogP contribution in [0, 0.1) is 0 Å². The molecule has 0 aliphatic carbocycles. The minimum Gasteiger partial charge on any atom is -0.490 e. The highest BCUT2D eigenvalue weighted by atomic mass is 16.5. The summed E-state index contributed by atoms with van der Waals surface area (Å²) < 4.78 is 5.22. The summed E-state index contributed by atoms with van der Waals surface area (Å²) in [6, 6.07) is 3.25. The summed E-state index contributed by atoms with van der Waals surface area (Å²) in [5.74, 6) is 0.520. The maximum absolute atomic E-state index is 5.62. The fourth-order valence-electron chi connectivity index (χ4n) is 1.01. The van der Waals surface area contributed by atoms with Crippen LogP contribution in [0.3, 0.4) is 0 Å². The fraction of sp³-hybridized carbons (Fsp3) is 0.250. The van der Waals surface area contributed by atoms with Crippen molar-refractivity contribution in [1.82, 2.24) is 0 Å². The molecule has 0 unspecified atom stereocenters.